The van der Waals surface area contributed by atoms with E-state index in [0.29, 0.717) is 6.61 Å². The van der Waals surface area contributed by atoms with E-state index in [9.17, 15) is 0 Å². The maximum atomic E-state index is 5.68. The van der Waals surface area contributed by atoms with Crippen LogP contribution in [0.1, 0.15) is 16.0 Å². The van der Waals surface area contributed by atoms with Crippen molar-refractivity contribution in [3.05, 3.63) is 45.9 Å². The van der Waals surface area contributed by atoms with Crippen LogP contribution < -0.4 is 4.74 Å². The number of ether oxygens (including phenoxy) is 1. The lowest BCUT2D eigenvalue weighted by atomic mass is 10.1. The Morgan fingerprint density at radius 1 is 1.20 bits per heavy atom. The second kappa shape index (κ2) is 4.45. The molecule has 0 unspecified atom stereocenters. The second-order valence-electron chi connectivity index (χ2n) is 3.58. The van der Waals surface area contributed by atoms with Gasteiger partial charge in [0.15, 0.2) is 0 Å². The lowest BCUT2D eigenvalue weighted by molar-refractivity contribution is 0.309. The smallest absolute Gasteiger partial charge is 0.124 e. The van der Waals surface area contributed by atoms with E-state index in [-0.39, 0.29) is 0 Å². The van der Waals surface area contributed by atoms with Crippen LogP contribution in [0.5, 0.6) is 5.75 Å². The van der Waals surface area contributed by atoms with Crippen molar-refractivity contribution in [1.29, 1.82) is 0 Å². The zero-order valence-electron chi connectivity index (χ0n) is 8.86. The van der Waals surface area contributed by atoms with Crippen LogP contribution in [-0.2, 0) is 6.61 Å². The normalized spacial score (nSPS) is 10.3. The topological polar surface area (TPSA) is 22.1 Å². The molecule has 15 heavy (non-hydrogen) atoms. The number of nitrogens with zero attached hydrogens (tertiary/aromatic N) is 1. The lowest BCUT2D eigenvalue weighted by Gasteiger charge is -2.06. The molecule has 0 aliphatic rings. The Bertz CT molecular complexity index is 417. The van der Waals surface area contributed by atoms with Crippen LogP contribution in [0.4, 0.5) is 0 Å². The highest BCUT2D eigenvalue weighted by atomic mass is 32.1. The maximum Gasteiger partial charge on any atom is 0.124 e. The van der Waals surface area contributed by atoms with Crippen molar-refractivity contribution in [2.45, 2.75) is 20.5 Å². The minimum absolute atomic E-state index is 0.605. The second-order valence-corrected chi connectivity index (χ2v) is 4.55. The number of hydrogen-bond acceptors (Lipinski definition) is 3. The zero-order valence-corrected chi connectivity index (χ0v) is 9.67. The highest BCUT2D eigenvalue weighted by Gasteiger charge is 1.99. The van der Waals surface area contributed by atoms with E-state index < -0.39 is 0 Å². The van der Waals surface area contributed by atoms with E-state index >= 15 is 0 Å². The molecular formula is C12H13NOS. The lowest BCUT2D eigenvalue weighted by Crippen LogP contribution is -1.93. The number of thiazole rings is 1. The Hall–Kier alpha value is -1.35. The third kappa shape index (κ3) is 2.80. The van der Waals surface area contributed by atoms with Crippen molar-refractivity contribution < 1.29 is 4.74 Å². The van der Waals surface area contributed by atoms with Gasteiger partial charge in [-0.15, -0.1) is 11.3 Å². The van der Waals surface area contributed by atoms with Crippen LogP contribution >= 0.6 is 11.3 Å². The molecule has 0 fully saturated rings. The van der Waals surface area contributed by atoms with Gasteiger partial charge in [0.25, 0.3) is 0 Å². The van der Waals surface area contributed by atoms with Crippen molar-refractivity contribution in [2.24, 2.45) is 0 Å². The molecule has 78 valence electrons. The average molecular weight is 219 g/mol. The van der Waals surface area contributed by atoms with Gasteiger partial charge in [0.1, 0.15) is 12.4 Å². The summed E-state index contributed by atoms with van der Waals surface area (Å²) >= 11 is 1.61. The first kappa shape index (κ1) is 10.2. The number of aromatic nitrogens is 1. The summed E-state index contributed by atoms with van der Waals surface area (Å²) in [6.07, 6.45) is 1.84. The number of aryl methyl sites for hydroxylation is 2. The van der Waals surface area contributed by atoms with Gasteiger partial charge in [-0.1, -0.05) is 6.07 Å². The first-order chi connectivity index (χ1) is 7.24. The molecule has 0 aliphatic carbocycles. The van der Waals surface area contributed by atoms with Gasteiger partial charge in [-0.05, 0) is 37.1 Å². The summed E-state index contributed by atoms with van der Waals surface area (Å²) in [5.41, 5.74) is 4.28. The Balaban J connectivity index is 2.05. The minimum atomic E-state index is 0.605. The van der Waals surface area contributed by atoms with Crippen LogP contribution in [0.15, 0.2) is 29.9 Å². The van der Waals surface area contributed by atoms with Crippen molar-refractivity contribution >= 4 is 11.3 Å². The highest BCUT2D eigenvalue weighted by molar-refractivity contribution is 7.09. The van der Waals surface area contributed by atoms with Gasteiger partial charge in [-0.2, -0.15) is 0 Å². The molecule has 2 aromatic rings. The van der Waals surface area contributed by atoms with E-state index in [0.717, 1.165) is 10.6 Å². The van der Waals surface area contributed by atoms with Gasteiger partial charge >= 0.3 is 0 Å². The Morgan fingerprint density at radius 2 is 1.93 bits per heavy atom. The Kier molecular flexibility index (Phi) is 3.02. The molecule has 0 atom stereocenters. The van der Waals surface area contributed by atoms with E-state index in [4.69, 9.17) is 4.74 Å². The molecule has 1 aromatic heterocycles. The molecule has 2 nitrogen and oxygen atoms in total. The quantitative estimate of drug-likeness (QED) is 0.790. The summed E-state index contributed by atoms with van der Waals surface area (Å²) in [6.45, 7) is 4.76. The molecule has 0 radical (unpaired) electrons. The standard InChI is InChI=1S/C12H13NOS/c1-9-3-10(2)5-11(4-9)14-7-12-6-13-8-15-12/h3-6,8H,7H2,1-2H3. The first-order valence-electron chi connectivity index (χ1n) is 4.82. The summed E-state index contributed by atoms with van der Waals surface area (Å²) in [6, 6.07) is 6.24. The third-order valence-corrected chi connectivity index (χ3v) is 2.81. The zero-order chi connectivity index (χ0) is 10.7. The predicted molar refractivity (Wildman–Crippen MR) is 62.4 cm³/mol. The fraction of sp³-hybridized carbons (Fsp3) is 0.250. The number of rotatable bonds is 3. The van der Waals surface area contributed by atoms with Crippen molar-refractivity contribution in [3.63, 3.8) is 0 Å². The number of hydrogen-bond donors (Lipinski definition) is 0. The fourth-order valence-corrected chi connectivity index (χ4v) is 1.99. The van der Waals surface area contributed by atoms with Crippen LogP contribution in [0.25, 0.3) is 0 Å². The Morgan fingerprint density at radius 3 is 2.53 bits per heavy atom. The van der Waals surface area contributed by atoms with Crippen molar-refractivity contribution in [1.82, 2.24) is 4.98 Å². The fourth-order valence-electron chi connectivity index (χ4n) is 1.48. The van der Waals surface area contributed by atoms with Gasteiger partial charge in [0.05, 0.1) is 10.4 Å². The van der Waals surface area contributed by atoms with Crippen LogP contribution in [0.3, 0.4) is 0 Å². The molecular weight excluding hydrogens is 206 g/mol. The summed E-state index contributed by atoms with van der Waals surface area (Å²) < 4.78 is 5.68. The minimum Gasteiger partial charge on any atom is -0.488 e. The van der Waals surface area contributed by atoms with Gasteiger partial charge in [0.2, 0.25) is 0 Å². The number of benzene rings is 1. The molecule has 0 aliphatic heterocycles. The third-order valence-electron chi connectivity index (χ3n) is 2.06. The van der Waals surface area contributed by atoms with Crippen LogP contribution in [-0.4, -0.2) is 4.98 Å². The van der Waals surface area contributed by atoms with Crippen LogP contribution in [0.2, 0.25) is 0 Å². The van der Waals surface area contributed by atoms with E-state index in [2.05, 4.69) is 24.9 Å². The molecule has 0 saturated carbocycles. The van der Waals surface area contributed by atoms with Crippen molar-refractivity contribution in [2.75, 3.05) is 0 Å². The summed E-state index contributed by atoms with van der Waals surface area (Å²) in [5, 5.41) is 0. The average Bonchev–Trinajstić information content (AvgIpc) is 2.65. The van der Waals surface area contributed by atoms with Crippen molar-refractivity contribution in [3.8, 4) is 5.75 Å². The largest absolute Gasteiger partial charge is 0.488 e. The van der Waals surface area contributed by atoms with Gasteiger partial charge < -0.3 is 4.74 Å². The molecule has 0 bridgehead atoms. The summed E-state index contributed by atoms with van der Waals surface area (Å²) in [5.74, 6) is 0.931. The van der Waals surface area contributed by atoms with E-state index in [1.54, 1.807) is 11.3 Å². The van der Waals surface area contributed by atoms with E-state index in [1.165, 1.54) is 11.1 Å². The first-order valence-corrected chi connectivity index (χ1v) is 5.70. The predicted octanol–water partition coefficient (Wildman–Crippen LogP) is 3.34. The van der Waals surface area contributed by atoms with Gasteiger partial charge in [-0.3, -0.25) is 4.98 Å². The molecule has 0 spiro atoms. The molecule has 1 heterocycles. The van der Waals surface area contributed by atoms with E-state index in [1.807, 2.05) is 23.8 Å². The van der Waals surface area contributed by atoms with Gasteiger partial charge in [0, 0.05) is 6.20 Å². The molecule has 0 amide bonds. The molecule has 3 heteroatoms. The summed E-state index contributed by atoms with van der Waals surface area (Å²) in [7, 11) is 0. The van der Waals surface area contributed by atoms with Crippen LogP contribution in [0, 0.1) is 13.8 Å². The highest BCUT2D eigenvalue weighted by Crippen LogP contribution is 2.18. The Labute approximate surface area is 93.6 Å². The SMILES string of the molecule is Cc1cc(C)cc(OCc2cncs2)c1. The summed E-state index contributed by atoms with van der Waals surface area (Å²) in [4.78, 5) is 5.16. The molecule has 2 rings (SSSR count). The molecule has 1 aromatic carbocycles. The molecule has 0 N–H and O–H groups in total. The monoisotopic (exact) mass is 219 g/mol. The molecule has 0 saturated heterocycles. The maximum absolute atomic E-state index is 5.68. The van der Waals surface area contributed by atoms with Gasteiger partial charge in [-0.25, -0.2) is 0 Å².